The van der Waals surface area contributed by atoms with Gasteiger partial charge in [0.25, 0.3) is 5.69 Å². The second kappa shape index (κ2) is 5.90. The summed E-state index contributed by atoms with van der Waals surface area (Å²) in [5, 5.41) is 19.7. The molecular formula is C12H14N6O3. The van der Waals surface area contributed by atoms with Crippen LogP contribution in [0.15, 0.2) is 30.5 Å². The van der Waals surface area contributed by atoms with E-state index in [0.717, 1.165) is 0 Å². The number of urea groups is 1. The lowest BCUT2D eigenvalue weighted by atomic mass is 10.3. The van der Waals surface area contributed by atoms with E-state index < -0.39 is 11.0 Å². The van der Waals surface area contributed by atoms with Gasteiger partial charge >= 0.3 is 6.03 Å². The maximum absolute atomic E-state index is 11.7. The molecule has 0 saturated heterocycles. The van der Waals surface area contributed by atoms with Crippen molar-refractivity contribution in [3.05, 3.63) is 46.1 Å². The van der Waals surface area contributed by atoms with E-state index in [-0.39, 0.29) is 12.2 Å². The van der Waals surface area contributed by atoms with Gasteiger partial charge in [-0.2, -0.15) is 5.10 Å². The summed E-state index contributed by atoms with van der Waals surface area (Å²) in [7, 11) is 1.70. The molecule has 0 aliphatic heterocycles. The van der Waals surface area contributed by atoms with Crippen molar-refractivity contribution in [3.8, 4) is 0 Å². The Morgan fingerprint density at radius 1 is 1.43 bits per heavy atom. The third kappa shape index (κ3) is 3.47. The molecule has 0 aliphatic carbocycles. The van der Waals surface area contributed by atoms with Gasteiger partial charge in [0.15, 0.2) is 0 Å². The van der Waals surface area contributed by atoms with Gasteiger partial charge in [0.1, 0.15) is 5.82 Å². The first-order valence-corrected chi connectivity index (χ1v) is 6.03. The normalized spacial score (nSPS) is 10.1. The molecule has 9 nitrogen and oxygen atoms in total. The first kappa shape index (κ1) is 14.3. The third-order valence-corrected chi connectivity index (χ3v) is 2.84. The zero-order valence-corrected chi connectivity index (χ0v) is 11.2. The Kier molecular flexibility index (Phi) is 4.02. The second-order valence-corrected chi connectivity index (χ2v) is 4.29. The van der Waals surface area contributed by atoms with E-state index in [0.29, 0.717) is 17.1 Å². The van der Waals surface area contributed by atoms with Crippen LogP contribution in [0.3, 0.4) is 0 Å². The average molecular weight is 290 g/mol. The maximum Gasteiger partial charge on any atom is 0.319 e. The van der Waals surface area contributed by atoms with Gasteiger partial charge < -0.3 is 16.4 Å². The Morgan fingerprint density at radius 3 is 2.62 bits per heavy atom. The number of nitrogens with zero attached hydrogens (tertiary/aromatic N) is 3. The number of nitro benzene ring substituents is 1. The minimum absolute atomic E-state index is 0.0379. The predicted molar refractivity (Wildman–Crippen MR) is 76.6 cm³/mol. The highest BCUT2D eigenvalue weighted by molar-refractivity contribution is 5.89. The molecule has 0 unspecified atom stereocenters. The lowest BCUT2D eigenvalue weighted by Gasteiger charge is -2.07. The summed E-state index contributed by atoms with van der Waals surface area (Å²) in [6.07, 6.45) is 1.57. The van der Waals surface area contributed by atoms with Crippen LogP contribution in [0.1, 0.15) is 5.56 Å². The number of nitrogens with two attached hydrogens (primary N) is 1. The Bertz CT molecular complexity index is 664. The Morgan fingerprint density at radius 2 is 2.10 bits per heavy atom. The Labute approximate surface area is 119 Å². The first-order chi connectivity index (χ1) is 9.97. The van der Waals surface area contributed by atoms with Crippen molar-refractivity contribution in [2.75, 3.05) is 11.1 Å². The largest absolute Gasteiger partial charge is 0.384 e. The molecule has 0 spiro atoms. The fraction of sp³-hybridized carbons (Fsp3) is 0.167. The van der Waals surface area contributed by atoms with Gasteiger partial charge in [0.05, 0.1) is 11.1 Å². The topological polar surface area (TPSA) is 128 Å². The van der Waals surface area contributed by atoms with Crippen molar-refractivity contribution >= 4 is 23.2 Å². The number of rotatable bonds is 4. The fourth-order valence-electron chi connectivity index (χ4n) is 1.65. The summed E-state index contributed by atoms with van der Waals surface area (Å²) in [6.45, 7) is 0.235. The third-order valence-electron chi connectivity index (χ3n) is 2.84. The number of hydrogen-bond donors (Lipinski definition) is 3. The van der Waals surface area contributed by atoms with Crippen LogP contribution in [0.2, 0.25) is 0 Å². The van der Waals surface area contributed by atoms with E-state index in [1.54, 1.807) is 13.2 Å². The van der Waals surface area contributed by atoms with E-state index >= 15 is 0 Å². The number of benzene rings is 1. The summed E-state index contributed by atoms with van der Waals surface area (Å²) in [4.78, 5) is 21.7. The summed E-state index contributed by atoms with van der Waals surface area (Å²) < 4.78 is 1.51. The molecule has 0 radical (unpaired) electrons. The highest BCUT2D eigenvalue weighted by atomic mass is 16.6. The van der Waals surface area contributed by atoms with Crippen LogP contribution in [-0.2, 0) is 13.6 Å². The number of nitrogens with one attached hydrogen (secondary N) is 2. The molecule has 2 amide bonds. The molecule has 2 aromatic rings. The lowest BCUT2D eigenvalue weighted by molar-refractivity contribution is -0.384. The molecule has 110 valence electrons. The summed E-state index contributed by atoms with van der Waals surface area (Å²) in [5.41, 5.74) is 6.87. The molecule has 1 aromatic heterocycles. The molecule has 4 N–H and O–H groups in total. The van der Waals surface area contributed by atoms with Gasteiger partial charge in [-0.25, -0.2) is 4.79 Å². The Hall–Kier alpha value is -3.10. The lowest BCUT2D eigenvalue weighted by Crippen LogP contribution is -2.28. The quantitative estimate of drug-likeness (QED) is 0.576. The summed E-state index contributed by atoms with van der Waals surface area (Å²) in [6, 6.07) is 5.10. The monoisotopic (exact) mass is 290 g/mol. The SMILES string of the molecule is Cn1ncc(CNC(=O)Nc2ccc([N+](=O)[O-])cc2)c1N. The van der Waals surface area contributed by atoms with Gasteiger partial charge in [0.2, 0.25) is 0 Å². The zero-order valence-electron chi connectivity index (χ0n) is 11.2. The number of carbonyl (C=O) groups is 1. The van der Waals surface area contributed by atoms with Crippen LogP contribution in [0.4, 0.5) is 22.0 Å². The van der Waals surface area contributed by atoms with Gasteiger partial charge in [-0.05, 0) is 12.1 Å². The highest BCUT2D eigenvalue weighted by Crippen LogP contribution is 2.15. The molecule has 0 saturated carbocycles. The summed E-state index contributed by atoms with van der Waals surface area (Å²) >= 11 is 0. The van der Waals surface area contributed by atoms with Crippen LogP contribution >= 0.6 is 0 Å². The van der Waals surface area contributed by atoms with Gasteiger partial charge in [-0.15, -0.1) is 0 Å². The molecule has 1 aromatic carbocycles. The van der Waals surface area contributed by atoms with E-state index in [4.69, 9.17) is 5.73 Å². The van der Waals surface area contributed by atoms with Crippen LogP contribution in [-0.4, -0.2) is 20.7 Å². The number of non-ortho nitro benzene ring substituents is 1. The van der Waals surface area contributed by atoms with Crippen LogP contribution in [0.25, 0.3) is 0 Å². The van der Waals surface area contributed by atoms with E-state index in [1.165, 1.54) is 28.9 Å². The standard InChI is InChI=1S/C12H14N6O3/c1-17-11(13)8(7-15-17)6-14-12(19)16-9-2-4-10(5-3-9)18(20)21/h2-5,7H,6,13H2,1H3,(H2,14,16,19). The minimum Gasteiger partial charge on any atom is -0.384 e. The number of carbonyl (C=O) groups excluding carboxylic acids is 1. The molecule has 2 rings (SSSR count). The first-order valence-electron chi connectivity index (χ1n) is 6.03. The molecule has 1 heterocycles. The fourth-order valence-corrected chi connectivity index (χ4v) is 1.65. The van der Waals surface area contributed by atoms with Gasteiger partial charge in [-0.1, -0.05) is 0 Å². The van der Waals surface area contributed by atoms with E-state index in [1.807, 2.05) is 0 Å². The van der Waals surface area contributed by atoms with Crippen LogP contribution in [0, 0.1) is 10.1 Å². The number of nitro groups is 1. The van der Waals surface area contributed by atoms with Crippen LogP contribution < -0.4 is 16.4 Å². The highest BCUT2D eigenvalue weighted by Gasteiger charge is 2.08. The molecule has 0 aliphatic rings. The van der Waals surface area contributed by atoms with Crippen LogP contribution in [0.5, 0.6) is 0 Å². The van der Waals surface area contributed by atoms with Crippen molar-refractivity contribution in [1.29, 1.82) is 0 Å². The molecule has 9 heteroatoms. The minimum atomic E-state index is -0.505. The number of anilines is 2. The van der Waals surface area contributed by atoms with Crippen molar-refractivity contribution in [2.45, 2.75) is 6.54 Å². The predicted octanol–water partition coefficient (Wildman–Crippen LogP) is 1.23. The molecule has 0 atom stereocenters. The smallest absolute Gasteiger partial charge is 0.319 e. The number of aromatic nitrogens is 2. The number of amides is 2. The van der Waals surface area contributed by atoms with Crippen molar-refractivity contribution in [1.82, 2.24) is 15.1 Å². The van der Waals surface area contributed by atoms with Crippen molar-refractivity contribution < 1.29 is 9.72 Å². The number of nitrogen functional groups attached to an aromatic ring is 1. The maximum atomic E-state index is 11.7. The number of hydrogen-bond acceptors (Lipinski definition) is 5. The average Bonchev–Trinajstić information content (AvgIpc) is 2.77. The van der Waals surface area contributed by atoms with Gasteiger partial charge in [-0.3, -0.25) is 14.8 Å². The Balaban J connectivity index is 1.89. The second-order valence-electron chi connectivity index (χ2n) is 4.29. The van der Waals surface area contributed by atoms with E-state index in [2.05, 4.69) is 15.7 Å². The van der Waals surface area contributed by atoms with Crippen molar-refractivity contribution in [2.24, 2.45) is 7.05 Å². The molecule has 21 heavy (non-hydrogen) atoms. The van der Waals surface area contributed by atoms with Crippen molar-refractivity contribution in [3.63, 3.8) is 0 Å². The molecular weight excluding hydrogens is 276 g/mol. The summed E-state index contributed by atoms with van der Waals surface area (Å²) in [5.74, 6) is 0.477. The molecule has 0 bridgehead atoms. The zero-order chi connectivity index (χ0) is 15.4. The van der Waals surface area contributed by atoms with E-state index in [9.17, 15) is 14.9 Å². The number of aryl methyl sites for hydroxylation is 1. The molecule has 0 fully saturated rings. The van der Waals surface area contributed by atoms with Gasteiger partial charge in [0, 0.05) is 37.0 Å².